The molecule has 92 valence electrons. The number of carboxylic acids is 1. The molecule has 2 rings (SSSR count). The predicted octanol–water partition coefficient (Wildman–Crippen LogP) is 3.17. The average molecular weight is 260 g/mol. The van der Waals surface area contributed by atoms with Crippen molar-refractivity contribution in [2.24, 2.45) is 0 Å². The molecule has 1 N–H and O–H groups in total. The Labute approximate surface area is 109 Å². The first kappa shape index (κ1) is 12.5. The molecule has 3 nitrogen and oxygen atoms in total. The average Bonchev–Trinajstić information content (AvgIpc) is 2.91. The van der Waals surface area contributed by atoms with Gasteiger partial charge in [0.25, 0.3) is 0 Å². The second kappa shape index (κ2) is 5.14. The van der Waals surface area contributed by atoms with Crippen LogP contribution in [0.2, 0.25) is 0 Å². The van der Waals surface area contributed by atoms with E-state index in [-0.39, 0.29) is 5.78 Å². The Morgan fingerprint density at radius 3 is 2.33 bits per heavy atom. The van der Waals surface area contributed by atoms with Crippen molar-refractivity contribution in [3.8, 4) is 0 Å². The van der Waals surface area contributed by atoms with Crippen molar-refractivity contribution >= 4 is 23.1 Å². The molecule has 1 heterocycles. The lowest BCUT2D eigenvalue weighted by Gasteiger charge is -2.06. The van der Waals surface area contributed by atoms with Gasteiger partial charge in [-0.2, -0.15) is 0 Å². The molecule has 18 heavy (non-hydrogen) atoms. The third-order valence-corrected chi connectivity index (χ3v) is 3.66. The summed E-state index contributed by atoms with van der Waals surface area (Å²) in [5.74, 6) is -1.46. The van der Waals surface area contributed by atoms with Crippen molar-refractivity contribution in [3.05, 3.63) is 57.8 Å². The minimum absolute atomic E-state index is 0.0282. The van der Waals surface area contributed by atoms with E-state index in [0.29, 0.717) is 16.0 Å². The van der Waals surface area contributed by atoms with E-state index in [4.69, 9.17) is 5.11 Å². The molecule has 0 saturated carbocycles. The second-order valence-electron chi connectivity index (χ2n) is 3.99. The summed E-state index contributed by atoms with van der Waals surface area (Å²) in [7, 11) is 0. The Morgan fingerprint density at radius 1 is 1.17 bits per heavy atom. The summed E-state index contributed by atoms with van der Waals surface area (Å²) in [6.45, 7) is 1.62. The topological polar surface area (TPSA) is 54.4 Å². The van der Waals surface area contributed by atoms with Crippen LogP contribution in [0, 0.1) is 0 Å². The maximum absolute atomic E-state index is 12.0. The number of carbonyl (C=O) groups excluding carboxylic acids is 1. The number of hydrogen-bond acceptors (Lipinski definition) is 3. The molecule has 0 aliphatic rings. The van der Waals surface area contributed by atoms with Crippen molar-refractivity contribution in [2.45, 2.75) is 12.8 Å². The van der Waals surface area contributed by atoms with Crippen LogP contribution in [0.5, 0.6) is 0 Å². The number of hydrogen-bond donors (Lipinski definition) is 1. The Morgan fingerprint density at radius 2 is 1.83 bits per heavy atom. The highest BCUT2D eigenvalue weighted by molar-refractivity contribution is 7.12. The van der Waals surface area contributed by atoms with Gasteiger partial charge in [0, 0.05) is 5.56 Å². The molecule has 1 aromatic carbocycles. The monoisotopic (exact) mass is 260 g/mol. The Bertz CT molecular complexity index is 555. The molecule has 4 heteroatoms. The fourth-order valence-corrected chi connectivity index (χ4v) is 2.30. The fraction of sp³-hybridized carbons (Fsp3) is 0.143. The van der Waals surface area contributed by atoms with E-state index >= 15 is 0 Å². The van der Waals surface area contributed by atoms with Crippen molar-refractivity contribution < 1.29 is 14.7 Å². The minimum Gasteiger partial charge on any atom is -0.481 e. The molecule has 0 amide bonds. The highest BCUT2D eigenvalue weighted by atomic mass is 32.1. The van der Waals surface area contributed by atoms with E-state index in [1.807, 2.05) is 11.4 Å². The molecule has 0 aliphatic heterocycles. The molecule has 0 saturated heterocycles. The van der Waals surface area contributed by atoms with Crippen LogP contribution in [0.4, 0.5) is 0 Å². The molecule has 0 unspecified atom stereocenters. The third kappa shape index (κ3) is 2.49. The summed E-state index contributed by atoms with van der Waals surface area (Å²) in [5.41, 5.74) is 1.28. The maximum Gasteiger partial charge on any atom is 0.310 e. The molecule has 0 bridgehead atoms. The van der Waals surface area contributed by atoms with Crippen LogP contribution < -0.4 is 0 Å². The van der Waals surface area contributed by atoms with E-state index in [9.17, 15) is 9.59 Å². The highest BCUT2D eigenvalue weighted by Gasteiger charge is 2.15. The van der Waals surface area contributed by atoms with Crippen molar-refractivity contribution in [1.82, 2.24) is 0 Å². The van der Waals surface area contributed by atoms with E-state index in [1.165, 1.54) is 11.3 Å². The molecule has 1 aromatic heterocycles. The zero-order valence-electron chi connectivity index (χ0n) is 9.79. The Balaban J connectivity index is 2.23. The molecule has 0 spiro atoms. The van der Waals surface area contributed by atoms with Crippen LogP contribution in [0.1, 0.15) is 33.6 Å². The Hall–Kier alpha value is -1.94. The smallest absolute Gasteiger partial charge is 0.310 e. The molecular weight excluding hydrogens is 248 g/mol. The van der Waals surface area contributed by atoms with Crippen LogP contribution in [0.3, 0.4) is 0 Å². The largest absolute Gasteiger partial charge is 0.481 e. The van der Waals surface area contributed by atoms with Crippen molar-refractivity contribution in [1.29, 1.82) is 0 Å². The van der Waals surface area contributed by atoms with Crippen LogP contribution in [-0.4, -0.2) is 16.9 Å². The quantitative estimate of drug-likeness (QED) is 0.859. The van der Waals surface area contributed by atoms with Gasteiger partial charge in [0.15, 0.2) is 0 Å². The first-order chi connectivity index (χ1) is 8.59. The lowest BCUT2D eigenvalue weighted by atomic mass is 9.99. The Kier molecular flexibility index (Phi) is 3.58. The summed E-state index contributed by atoms with van der Waals surface area (Å²) in [4.78, 5) is 23.5. The maximum atomic E-state index is 12.0. The van der Waals surface area contributed by atoms with Gasteiger partial charge in [-0.15, -0.1) is 11.3 Å². The second-order valence-corrected chi connectivity index (χ2v) is 4.94. The zero-order valence-corrected chi connectivity index (χ0v) is 10.6. The van der Waals surface area contributed by atoms with Crippen molar-refractivity contribution in [3.63, 3.8) is 0 Å². The van der Waals surface area contributed by atoms with Crippen LogP contribution in [-0.2, 0) is 4.79 Å². The van der Waals surface area contributed by atoms with Gasteiger partial charge in [-0.05, 0) is 23.9 Å². The number of benzene rings is 1. The number of thiophene rings is 1. The van der Waals surface area contributed by atoms with Gasteiger partial charge in [0.05, 0.1) is 10.8 Å². The van der Waals surface area contributed by atoms with Crippen LogP contribution >= 0.6 is 11.3 Å². The van der Waals surface area contributed by atoms with Gasteiger partial charge in [0.2, 0.25) is 5.78 Å². The number of carboxylic acid groups (broad SMARTS) is 1. The summed E-state index contributed by atoms with van der Waals surface area (Å²) in [6.07, 6.45) is 0. The standard InChI is InChI=1S/C14H12O3S/c1-9(14(16)17)10-4-6-11(7-5-10)13(15)12-3-2-8-18-12/h2-9H,1H3,(H,16,17)/t9-/m0/s1. The SMILES string of the molecule is C[C@H](C(=O)O)c1ccc(C(=O)c2cccs2)cc1. The summed E-state index contributed by atoms with van der Waals surface area (Å²) in [6, 6.07) is 10.4. The van der Waals surface area contributed by atoms with Crippen LogP contribution in [0.25, 0.3) is 0 Å². The number of carbonyl (C=O) groups is 2. The summed E-state index contributed by atoms with van der Waals surface area (Å²) >= 11 is 1.40. The molecule has 0 aliphatic carbocycles. The molecule has 1 atom stereocenters. The van der Waals surface area contributed by atoms with Gasteiger partial charge in [-0.25, -0.2) is 0 Å². The molecular formula is C14H12O3S. The first-order valence-electron chi connectivity index (χ1n) is 5.50. The summed E-state index contributed by atoms with van der Waals surface area (Å²) < 4.78 is 0. The predicted molar refractivity (Wildman–Crippen MR) is 70.2 cm³/mol. The normalized spacial score (nSPS) is 12.1. The minimum atomic E-state index is -0.868. The summed E-state index contributed by atoms with van der Waals surface area (Å²) in [5, 5.41) is 10.8. The van der Waals surface area contributed by atoms with Crippen molar-refractivity contribution in [2.75, 3.05) is 0 Å². The van der Waals surface area contributed by atoms with E-state index < -0.39 is 11.9 Å². The highest BCUT2D eigenvalue weighted by Crippen LogP contribution is 2.19. The first-order valence-corrected chi connectivity index (χ1v) is 6.38. The van der Waals surface area contributed by atoms with E-state index in [0.717, 1.165) is 0 Å². The lowest BCUT2D eigenvalue weighted by Crippen LogP contribution is -2.07. The number of ketones is 1. The van der Waals surface area contributed by atoms with Gasteiger partial charge < -0.3 is 5.11 Å². The van der Waals surface area contributed by atoms with E-state index in [1.54, 1.807) is 37.3 Å². The van der Waals surface area contributed by atoms with Gasteiger partial charge in [0.1, 0.15) is 0 Å². The fourth-order valence-electron chi connectivity index (χ4n) is 1.62. The number of aliphatic carboxylic acids is 1. The number of rotatable bonds is 4. The third-order valence-electron chi connectivity index (χ3n) is 2.79. The molecule has 2 aromatic rings. The van der Waals surface area contributed by atoms with Crippen LogP contribution in [0.15, 0.2) is 41.8 Å². The lowest BCUT2D eigenvalue weighted by molar-refractivity contribution is -0.138. The van der Waals surface area contributed by atoms with Gasteiger partial charge in [-0.1, -0.05) is 30.3 Å². The van der Waals surface area contributed by atoms with Gasteiger partial charge in [-0.3, -0.25) is 9.59 Å². The van der Waals surface area contributed by atoms with E-state index in [2.05, 4.69) is 0 Å². The van der Waals surface area contributed by atoms with Gasteiger partial charge >= 0.3 is 5.97 Å². The zero-order chi connectivity index (χ0) is 13.1. The molecule has 0 fully saturated rings. The molecule has 0 radical (unpaired) electrons.